The van der Waals surface area contributed by atoms with Crippen LogP contribution in [-0.2, 0) is 9.59 Å². The van der Waals surface area contributed by atoms with Crippen molar-refractivity contribution in [1.82, 2.24) is 10.2 Å². The predicted octanol–water partition coefficient (Wildman–Crippen LogP) is 0.00250. The second-order valence-electron chi connectivity index (χ2n) is 4.44. The summed E-state index contributed by atoms with van der Waals surface area (Å²) in [7, 11) is 0. The van der Waals surface area contributed by atoms with Crippen molar-refractivity contribution in [3.8, 4) is 0 Å². The van der Waals surface area contributed by atoms with Crippen molar-refractivity contribution in [1.29, 1.82) is 0 Å². The number of primary amides is 1. The fourth-order valence-electron chi connectivity index (χ4n) is 1.59. The van der Waals surface area contributed by atoms with Gasteiger partial charge in [-0.2, -0.15) is 0 Å². The second kappa shape index (κ2) is 7.52. The Morgan fingerprint density at radius 1 is 1.33 bits per heavy atom. The molecule has 3 amide bonds. The van der Waals surface area contributed by atoms with E-state index in [2.05, 4.69) is 5.32 Å². The molecule has 0 aromatic rings. The summed E-state index contributed by atoms with van der Waals surface area (Å²) in [5.41, 5.74) is 5.01. The molecule has 104 valence electrons. The Hall–Kier alpha value is -1.79. The Labute approximate surface area is 106 Å². The smallest absolute Gasteiger partial charge is 0.323 e. The average Bonchev–Trinajstić information content (AvgIpc) is 2.22. The Balaban J connectivity index is 4.78. The summed E-state index contributed by atoms with van der Waals surface area (Å²) in [4.78, 5) is 34.7. The molecule has 0 saturated heterocycles. The number of carbonyl (C=O) groups is 3. The highest BCUT2D eigenvalue weighted by Crippen LogP contribution is 2.08. The van der Waals surface area contributed by atoms with E-state index >= 15 is 0 Å². The van der Waals surface area contributed by atoms with E-state index in [9.17, 15) is 14.4 Å². The largest absolute Gasteiger partial charge is 0.480 e. The number of carbonyl (C=O) groups excluding carboxylic acids is 2. The van der Waals surface area contributed by atoms with Gasteiger partial charge in [-0.25, -0.2) is 4.79 Å². The topological polar surface area (TPSA) is 113 Å². The van der Waals surface area contributed by atoms with Crippen molar-refractivity contribution >= 4 is 17.9 Å². The van der Waals surface area contributed by atoms with Crippen molar-refractivity contribution < 1.29 is 19.5 Å². The van der Waals surface area contributed by atoms with E-state index < -0.39 is 23.9 Å². The van der Waals surface area contributed by atoms with Gasteiger partial charge >= 0.3 is 12.0 Å². The highest BCUT2D eigenvalue weighted by Gasteiger charge is 2.26. The first kappa shape index (κ1) is 16.2. The number of aliphatic carboxylic acids is 1. The van der Waals surface area contributed by atoms with Gasteiger partial charge in [-0.3, -0.25) is 9.59 Å². The summed E-state index contributed by atoms with van der Waals surface area (Å²) in [6, 6.07) is -1.57. The number of rotatable bonds is 7. The van der Waals surface area contributed by atoms with E-state index in [-0.39, 0.29) is 19.0 Å². The third kappa shape index (κ3) is 6.07. The van der Waals surface area contributed by atoms with E-state index in [1.54, 1.807) is 6.92 Å². The Morgan fingerprint density at radius 3 is 2.22 bits per heavy atom. The van der Waals surface area contributed by atoms with E-state index in [1.165, 1.54) is 4.90 Å². The standard InChI is InChI=1S/C11H21N3O4/c1-4-14(6-9(15)16)10(17)8(5-7(2)3)13-11(12)18/h7-8H,4-6H2,1-3H3,(H,15,16)(H3,12,13,18). The molecule has 4 N–H and O–H groups in total. The van der Waals surface area contributed by atoms with Crippen LogP contribution in [0.4, 0.5) is 4.79 Å². The number of urea groups is 1. The number of nitrogens with one attached hydrogen (secondary N) is 1. The molecule has 0 bridgehead atoms. The van der Waals surface area contributed by atoms with Crippen molar-refractivity contribution in [2.45, 2.75) is 33.2 Å². The number of likely N-dealkylation sites (N-methyl/N-ethyl adjacent to an activating group) is 1. The Bertz CT molecular complexity index is 317. The van der Waals surface area contributed by atoms with Gasteiger partial charge < -0.3 is 21.1 Å². The van der Waals surface area contributed by atoms with Crippen LogP contribution < -0.4 is 11.1 Å². The summed E-state index contributed by atoms with van der Waals surface area (Å²) in [5, 5.41) is 11.1. The van der Waals surface area contributed by atoms with Gasteiger partial charge in [-0.1, -0.05) is 13.8 Å². The molecular formula is C11H21N3O4. The Morgan fingerprint density at radius 2 is 1.89 bits per heavy atom. The summed E-state index contributed by atoms with van der Waals surface area (Å²) in [5.74, 6) is -1.34. The lowest BCUT2D eigenvalue weighted by Crippen LogP contribution is -2.51. The van der Waals surface area contributed by atoms with Gasteiger partial charge in [0.05, 0.1) is 0 Å². The minimum Gasteiger partial charge on any atom is -0.480 e. The number of hydrogen-bond donors (Lipinski definition) is 3. The van der Waals surface area contributed by atoms with Crippen LogP contribution in [0.3, 0.4) is 0 Å². The molecule has 0 radical (unpaired) electrons. The lowest BCUT2D eigenvalue weighted by atomic mass is 10.0. The number of amides is 3. The van der Waals surface area contributed by atoms with Gasteiger partial charge in [0.15, 0.2) is 0 Å². The second-order valence-corrected chi connectivity index (χ2v) is 4.44. The molecule has 7 heteroatoms. The van der Waals surface area contributed by atoms with Crippen LogP contribution in [0.2, 0.25) is 0 Å². The average molecular weight is 259 g/mol. The number of carboxylic acids is 1. The quantitative estimate of drug-likeness (QED) is 0.597. The first-order chi connectivity index (χ1) is 8.27. The lowest BCUT2D eigenvalue weighted by Gasteiger charge is -2.26. The van der Waals surface area contributed by atoms with Gasteiger partial charge in [-0.15, -0.1) is 0 Å². The number of nitrogens with two attached hydrogens (primary N) is 1. The first-order valence-electron chi connectivity index (χ1n) is 5.84. The first-order valence-corrected chi connectivity index (χ1v) is 5.84. The zero-order valence-electron chi connectivity index (χ0n) is 11.0. The molecule has 0 aliphatic heterocycles. The van der Waals surface area contributed by atoms with E-state index in [1.807, 2.05) is 13.8 Å². The maximum atomic E-state index is 12.1. The maximum absolute atomic E-state index is 12.1. The number of carboxylic acid groups (broad SMARTS) is 1. The third-order valence-electron chi connectivity index (χ3n) is 2.34. The van der Waals surface area contributed by atoms with Crippen LogP contribution in [0.5, 0.6) is 0 Å². The lowest BCUT2D eigenvalue weighted by molar-refractivity contribution is -0.145. The zero-order valence-corrected chi connectivity index (χ0v) is 11.0. The summed E-state index contributed by atoms with van der Waals surface area (Å²) in [6.45, 7) is 5.36. The number of nitrogens with zero attached hydrogens (tertiary/aromatic N) is 1. The molecule has 0 rings (SSSR count). The molecular weight excluding hydrogens is 238 g/mol. The molecule has 0 aromatic carbocycles. The van der Waals surface area contributed by atoms with Crippen molar-refractivity contribution in [2.24, 2.45) is 11.7 Å². The fraction of sp³-hybridized carbons (Fsp3) is 0.727. The van der Waals surface area contributed by atoms with E-state index in [0.29, 0.717) is 6.42 Å². The van der Waals surface area contributed by atoms with Crippen LogP contribution >= 0.6 is 0 Å². The molecule has 7 nitrogen and oxygen atoms in total. The van der Waals surface area contributed by atoms with Crippen molar-refractivity contribution in [3.63, 3.8) is 0 Å². The van der Waals surface area contributed by atoms with Gasteiger partial charge in [-0.05, 0) is 19.3 Å². The van der Waals surface area contributed by atoms with Crippen LogP contribution in [0.1, 0.15) is 27.2 Å². The SMILES string of the molecule is CCN(CC(=O)O)C(=O)C(CC(C)C)NC(N)=O. The van der Waals surface area contributed by atoms with Crippen molar-refractivity contribution in [2.75, 3.05) is 13.1 Å². The molecule has 0 aliphatic carbocycles. The van der Waals surface area contributed by atoms with Crippen LogP contribution in [0.15, 0.2) is 0 Å². The summed E-state index contributed by atoms with van der Waals surface area (Å²) >= 11 is 0. The van der Waals surface area contributed by atoms with Gasteiger partial charge in [0, 0.05) is 6.54 Å². The Kier molecular flexibility index (Phi) is 6.77. The molecule has 1 atom stereocenters. The van der Waals surface area contributed by atoms with Crippen LogP contribution in [0, 0.1) is 5.92 Å². The summed E-state index contributed by atoms with van der Waals surface area (Å²) in [6.07, 6.45) is 0.415. The number of hydrogen-bond acceptors (Lipinski definition) is 3. The predicted molar refractivity (Wildman–Crippen MR) is 65.9 cm³/mol. The normalized spacial score (nSPS) is 12.0. The molecule has 18 heavy (non-hydrogen) atoms. The molecule has 0 fully saturated rings. The van der Waals surface area contributed by atoms with Crippen LogP contribution in [0.25, 0.3) is 0 Å². The fourth-order valence-corrected chi connectivity index (χ4v) is 1.59. The van der Waals surface area contributed by atoms with Gasteiger partial charge in [0.25, 0.3) is 0 Å². The van der Waals surface area contributed by atoms with Gasteiger partial charge in [0.2, 0.25) is 5.91 Å². The van der Waals surface area contributed by atoms with Gasteiger partial charge in [0.1, 0.15) is 12.6 Å². The minimum absolute atomic E-state index is 0.175. The zero-order chi connectivity index (χ0) is 14.3. The van der Waals surface area contributed by atoms with Crippen LogP contribution in [-0.4, -0.2) is 47.0 Å². The molecule has 1 unspecified atom stereocenters. The third-order valence-corrected chi connectivity index (χ3v) is 2.34. The van der Waals surface area contributed by atoms with E-state index in [4.69, 9.17) is 10.8 Å². The molecule has 0 spiro atoms. The summed E-state index contributed by atoms with van der Waals surface area (Å²) < 4.78 is 0. The van der Waals surface area contributed by atoms with E-state index in [0.717, 1.165) is 0 Å². The highest BCUT2D eigenvalue weighted by atomic mass is 16.4. The maximum Gasteiger partial charge on any atom is 0.323 e. The molecule has 0 heterocycles. The molecule has 0 aliphatic rings. The monoisotopic (exact) mass is 259 g/mol. The minimum atomic E-state index is -1.09. The highest BCUT2D eigenvalue weighted by molar-refractivity contribution is 5.88. The van der Waals surface area contributed by atoms with Crippen molar-refractivity contribution in [3.05, 3.63) is 0 Å². The molecule has 0 saturated carbocycles. The molecule has 0 aromatic heterocycles.